The molecule has 0 radical (unpaired) electrons. The lowest BCUT2D eigenvalue weighted by Crippen LogP contribution is -2.31. The number of esters is 1. The van der Waals surface area contributed by atoms with Crippen LogP contribution in [0.15, 0.2) is 18.2 Å². The van der Waals surface area contributed by atoms with Crippen molar-refractivity contribution in [3.8, 4) is 0 Å². The van der Waals surface area contributed by atoms with Gasteiger partial charge in [-0.25, -0.2) is 4.79 Å². The first kappa shape index (κ1) is 16.7. The fourth-order valence-corrected chi connectivity index (χ4v) is 1.74. The van der Waals surface area contributed by atoms with Gasteiger partial charge in [-0.05, 0) is 30.7 Å². The summed E-state index contributed by atoms with van der Waals surface area (Å²) in [7, 11) is 0. The van der Waals surface area contributed by atoms with Crippen LogP contribution in [0.3, 0.4) is 0 Å². The summed E-state index contributed by atoms with van der Waals surface area (Å²) >= 11 is 5.58. The predicted octanol–water partition coefficient (Wildman–Crippen LogP) is 2.32. The SMILES string of the molecule is CCOC(=O)C(O)C(O)c1cc(Cl)ccc1C(F)(F)F. The van der Waals surface area contributed by atoms with Crippen LogP contribution >= 0.6 is 11.6 Å². The second kappa shape index (κ2) is 6.43. The average Bonchev–Trinajstić information content (AvgIpc) is 2.35. The van der Waals surface area contributed by atoms with Crippen molar-refractivity contribution in [2.75, 3.05) is 6.61 Å². The Hall–Kier alpha value is -1.31. The van der Waals surface area contributed by atoms with E-state index in [1.54, 1.807) is 0 Å². The summed E-state index contributed by atoms with van der Waals surface area (Å²) in [6, 6.07) is 2.51. The maximum absolute atomic E-state index is 12.8. The molecular formula is C12H12ClF3O4. The van der Waals surface area contributed by atoms with E-state index in [0.29, 0.717) is 6.07 Å². The second-order valence-corrected chi connectivity index (χ2v) is 4.31. The molecule has 2 N–H and O–H groups in total. The van der Waals surface area contributed by atoms with Crippen LogP contribution in [0, 0.1) is 0 Å². The fourth-order valence-electron chi connectivity index (χ4n) is 1.56. The highest BCUT2D eigenvalue weighted by Gasteiger charge is 2.38. The Kier molecular flexibility index (Phi) is 5.38. The Morgan fingerprint density at radius 1 is 1.40 bits per heavy atom. The van der Waals surface area contributed by atoms with Crippen molar-refractivity contribution in [2.24, 2.45) is 0 Å². The Labute approximate surface area is 117 Å². The van der Waals surface area contributed by atoms with Crippen LogP contribution in [-0.2, 0) is 15.7 Å². The number of alkyl halides is 3. The van der Waals surface area contributed by atoms with Gasteiger partial charge in [-0.1, -0.05) is 11.6 Å². The number of carbonyl (C=O) groups is 1. The Morgan fingerprint density at radius 2 is 2.00 bits per heavy atom. The summed E-state index contributed by atoms with van der Waals surface area (Å²) in [5.74, 6) is -1.21. The summed E-state index contributed by atoms with van der Waals surface area (Å²) in [5.41, 5.74) is -1.87. The first-order valence-corrected chi connectivity index (χ1v) is 5.95. The van der Waals surface area contributed by atoms with Crippen molar-refractivity contribution in [3.05, 3.63) is 34.3 Å². The van der Waals surface area contributed by atoms with E-state index in [1.165, 1.54) is 6.92 Å². The molecule has 0 bridgehead atoms. The molecule has 0 heterocycles. The Balaban J connectivity index is 3.17. The van der Waals surface area contributed by atoms with Gasteiger partial charge in [0.25, 0.3) is 0 Å². The standard InChI is InChI=1S/C12H12ClF3O4/c1-2-20-11(19)10(18)9(17)7-5-6(13)3-4-8(7)12(14,15)16/h3-5,9-10,17-18H,2H2,1H3. The van der Waals surface area contributed by atoms with E-state index in [4.69, 9.17) is 11.6 Å². The van der Waals surface area contributed by atoms with Crippen molar-refractivity contribution >= 4 is 17.6 Å². The molecule has 0 spiro atoms. The minimum atomic E-state index is -4.75. The summed E-state index contributed by atoms with van der Waals surface area (Å²) in [5, 5.41) is 19.2. The zero-order chi connectivity index (χ0) is 15.5. The van der Waals surface area contributed by atoms with Crippen LogP contribution in [0.1, 0.15) is 24.2 Å². The fraction of sp³-hybridized carbons (Fsp3) is 0.417. The molecule has 0 saturated heterocycles. The Bertz CT molecular complexity index is 490. The van der Waals surface area contributed by atoms with Crippen molar-refractivity contribution in [2.45, 2.75) is 25.3 Å². The van der Waals surface area contributed by atoms with Gasteiger partial charge in [0.1, 0.15) is 6.10 Å². The van der Waals surface area contributed by atoms with E-state index in [-0.39, 0.29) is 11.6 Å². The molecule has 2 unspecified atom stereocenters. The number of benzene rings is 1. The van der Waals surface area contributed by atoms with E-state index < -0.39 is 35.5 Å². The van der Waals surface area contributed by atoms with Crippen molar-refractivity contribution in [1.29, 1.82) is 0 Å². The molecule has 0 aliphatic heterocycles. The van der Waals surface area contributed by atoms with Gasteiger partial charge in [0, 0.05) is 5.02 Å². The number of halogens is 4. The van der Waals surface area contributed by atoms with E-state index in [2.05, 4.69) is 4.74 Å². The first-order valence-electron chi connectivity index (χ1n) is 5.58. The maximum atomic E-state index is 12.8. The highest BCUT2D eigenvalue weighted by atomic mass is 35.5. The number of carbonyl (C=O) groups excluding carboxylic acids is 1. The predicted molar refractivity (Wildman–Crippen MR) is 64.1 cm³/mol. The zero-order valence-corrected chi connectivity index (χ0v) is 11.1. The molecule has 112 valence electrons. The number of aliphatic hydroxyl groups excluding tert-OH is 2. The normalized spacial score (nSPS) is 14.8. The quantitative estimate of drug-likeness (QED) is 0.837. The third-order valence-corrected chi connectivity index (χ3v) is 2.70. The molecule has 0 aromatic heterocycles. The average molecular weight is 313 g/mol. The van der Waals surface area contributed by atoms with E-state index in [9.17, 15) is 28.2 Å². The highest BCUT2D eigenvalue weighted by molar-refractivity contribution is 6.30. The molecule has 4 nitrogen and oxygen atoms in total. The van der Waals surface area contributed by atoms with Crippen LogP contribution in [0.25, 0.3) is 0 Å². The van der Waals surface area contributed by atoms with Crippen LogP contribution in [-0.4, -0.2) is 28.9 Å². The minimum absolute atomic E-state index is 0.0666. The number of ether oxygens (including phenoxy) is 1. The highest BCUT2D eigenvalue weighted by Crippen LogP contribution is 2.37. The van der Waals surface area contributed by atoms with Gasteiger partial charge >= 0.3 is 12.1 Å². The maximum Gasteiger partial charge on any atom is 0.416 e. The van der Waals surface area contributed by atoms with Crippen molar-refractivity contribution in [1.82, 2.24) is 0 Å². The molecule has 0 aliphatic rings. The van der Waals surface area contributed by atoms with Gasteiger partial charge in [0.05, 0.1) is 12.2 Å². The summed E-state index contributed by atoms with van der Waals surface area (Å²) < 4.78 is 42.8. The monoisotopic (exact) mass is 312 g/mol. The molecule has 0 amide bonds. The summed E-state index contributed by atoms with van der Waals surface area (Å²) in [4.78, 5) is 11.3. The molecular weight excluding hydrogens is 301 g/mol. The number of hydrogen-bond acceptors (Lipinski definition) is 4. The summed E-state index contributed by atoms with van der Waals surface area (Å²) in [6.07, 6.45) is -8.98. The molecule has 1 rings (SSSR count). The lowest BCUT2D eigenvalue weighted by Gasteiger charge is -2.21. The second-order valence-electron chi connectivity index (χ2n) is 3.87. The van der Waals surface area contributed by atoms with Crippen LogP contribution in [0.5, 0.6) is 0 Å². The third-order valence-electron chi connectivity index (χ3n) is 2.46. The summed E-state index contributed by atoms with van der Waals surface area (Å²) in [6.45, 7) is 1.38. The van der Waals surface area contributed by atoms with Gasteiger partial charge in [-0.3, -0.25) is 0 Å². The van der Waals surface area contributed by atoms with Gasteiger partial charge < -0.3 is 14.9 Å². The van der Waals surface area contributed by atoms with Gasteiger partial charge in [0.15, 0.2) is 6.10 Å². The van der Waals surface area contributed by atoms with Crippen molar-refractivity contribution in [3.63, 3.8) is 0 Å². The lowest BCUT2D eigenvalue weighted by atomic mass is 9.98. The molecule has 1 aromatic rings. The third kappa shape index (κ3) is 3.84. The van der Waals surface area contributed by atoms with Crippen LogP contribution in [0.4, 0.5) is 13.2 Å². The number of aliphatic hydroxyl groups is 2. The van der Waals surface area contributed by atoms with E-state index in [1.807, 2.05) is 0 Å². The van der Waals surface area contributed by atoms with Crippen LogP contribution < -0.4 is 0 Å². The van der Waals surface area contributed by atoms with Gasteiger partial charge in [0.2, 0.25) is 0 Å². The van der Waals surface area contributed by atoms with E-state index in [0.717, 1.165) is 12.1 Å². The van der Waals surface area contributed by atoms with Crippen LogP contribution in [0.2, 0.25) is 5.02 Å². The zero-order valence-electron chi connectivity index (χ0n) is 10.3. The van der Waals surface area contributed by atoms with Gasteiger partial charge in [-0.15, -0.1) is 0 Å². The molecule has 8 heteroatoms. The molecule has 20 heavy (non-hydrogen) atoms. The molecule has 0 aliphatic carbocycles. The topological polar surface area (TPSA) is 66.8 Å². The molecule has 1 aromatic carbocycles. The minimum Gasteiger partial charge on any atom is -0.464 e. The van der Waals surface area contributed by atoms with E-state index >= 15 is 0 Å². The van der Waals surface area contributed by atoms with Gasteiger partial charge in [-0.2, -0.15) is 13.2 Å². The Morgan fingerprint density at radius 3 is 2.50 bits per heavy atom. The largest absolute Gasteiger partial charge is 0.464 e. The molecule has 2 atom stereocenters. The number of rotatable bonds is 4. The molecule has 0 saturated carbocycles. The first-order chi connectivity index (χ1) is 9.18. The lowest BCUT2D eigenvalue weighted by molar-refractivity contribution is -0.161. The van der Waals surface area contributed by atoms with Crippen molar-refractivity contribution < 1.29 is 32.9 Å². The number of hydrogen-bond donors (Lipinski definition) is 2. The smallest absolute Gasteiger partial charge is 0.416 e. The molecule has 0 fully saturated rings.